The van der Waals surface area contributed by atoms with Gasteiger partial charge in [0.15, 0.2) is 0 Å². The summed E-state index contributed by atoms with van der Waals surface area (Å²) in [6, 6.07) is 13.4. The minimum absolute atomic E-state index is 0.0372. The zero-order chi connectivity index (χ0) is 15.2. The molecule has 3 nitrogen and oxygen atoms in total. The van der Waals surface area contributed by atoms with Gasteiger partial charge in [0.1, 0.15) is 0 Å². The summed E-state index contributed by atoms with van der Waals surface area (Å²) < 4.78 is 0. The van der Waals surface area contributed by atoms with Crippen LogP contribution < -0.4 is 10.6 Å². The molecule has 2 rings (SSSR count). The van der Waals surface area contributed by atoms with Crippen LogP contribution >= 0.6 is 11.6 Å². The van der Waals surface area contributed by atoms with Gasteiger partial charge in [-0.2, -0.15) is 0 Å². The first-order valence-electron chi connectivity index (χ1n) is 6.97. The number of anilines is 1. The molecule has 0 aromatic heterocycles. The molecule has 0 bridgehead atoms. The van der Waals surface area contributed by atoms with Crippen molar-refractivity contribution in [2.24, 2.45) is 0 Å². The van der Waals surface area contributed by atoms with Gasteiger partial charge in [-0.25, -0.2) is 0 Å². The van der Waals surface area contributed by atoms with Gasteiger partial charge in [-0.15, -0.1) is 0 Å². The van der Waals surface area contributed by atoms with E-state index in [9.17, 15) is 4.79 Å². The molecule has 0 saturated carbocycles. The third kappa shape index (κ3) is 4.23. The quantitative estimate of drug-likeness (QED) is 0.876. The van der Waals surface area contributed by atoms with Crippen LogP contribution in [0.2, 0.25) is 5.02 Å². The molecule has 4 heteroatoms. The van der Waals surface area contributed by atoms with Crippen LogP contribution in [0.5, 0.6) is 0 Å². The predicted octanol–water partition coefficient (Wildman–Crippen LogP) is 4.01. The van der Waals surface area contributed by atoms with Gasteiger partial charge >= 0.3 is 0 Å². The fourth-order valence-electron chi connectivity index (χ4n) is 2.07. The van der Waals surface area contributed by atoms with Crippen LogP contribution in [0.3, 0.4) is 0 Å². The standard InChI is InChI=1S/C17H19ClN2O/c1-3-19-17(21)14-6-9-16(12(2)10-14)20-11-13-4-7-15(18)8-5-13/h4-10,20H,3,11H2,1-2H3,(H,19,21). The first-order valence-corrected chi connectivity index (χ1v) is 7.35. The van der Waals surface area contributed by atoms with E-state index in [1.54, 1.807) is 0 Å². The molecule has 2 N–H and O–H groups in total. The molecule has 110 valence electrons. The van der Waals surface area contributed by atoms with Gasteiger partial charge in [-0.05, 0) is 55.3 Å². The van der Waals surface area contributed by atoms with E-state index in [0.717, 1.165) is 28.4 Å². The summed E-state index contributed by atoms with van der Waals surface area (Å²) in [7, 11) is 0. The van der Waals surface area contributed by atoms with E-state index in [4.69, 9.17) is 11.6 Å². The molecule has 0 atom stereocenters. The molecule has 0 aliphatic carbocycles. The molecule has 0 heterocycles. The molecular weight excluding hydrogens is 284 g/mol. The topological polar surface area (TPSA) is 41.1 Å². The highest BCUT2D eigenvalue weighted by molar-refractivity contribution is 6.30. The number of amides is 1. The summed E-state index contributed by atoms with van der Waals surface area (Å²) in [5.74, 6) is -0.0372. The molecule has 21 heavy (non-hydrogen) atoms. The molecular formula is C17H19ClN2O. The van der Waals surface area contributed by atoms with E-state index in [0.29, 0.717) is 12.1 Å². The number of carbonyl (C=O) groups is 1. The Balaban J connectivity index is 2.04. The van der Waals surface area contributed by atoms with Gasteiger partial charge in [0.05, 0.1) is 0 Å². The number of carbonyl (C=O) groups excluding carboxylic acids is 1. The predicted molar refractivity (Wildman–Crippen MR) is 88.0 cm³/mol. The molecule has 0 aliphatic heterocycles. The lowest BCUT2D eigenvalue weighted by atomic mass is 10.1. The first-order chi connectivity index (χ1) is 10.1. The highest BCUT2D eigenvalue weighted by Gasteiger charge is 2.06. The third-order valence-corrected chi connectivity index (χ3v) is 3.47. The highest BCUT2D eigenvalue weighted by Crippen LogP contribution is 2.18. The monoisotopic (exact) mass is 302 g/mol. The Kier molecular flexibility index (Phi) is 5.23. The summed E-state index contributed by atoms with van der Waals surface area (Å²) >= 11 is 5.87. The van der Waals surface area contributed by atoms with Crippen LogP contribution in [-0.4, -0.2) is 12.5 Å². The van der Waals surface area contributed by atoms with Gasteiger partial charge in [0.25, 0.3) is 5.91 Å². The number of hydrogen-bond acceptors (Lipinski definition) is 2. The van der Waals surface area contributed by atoms with Crippen molar-refractivity contribution in [1.29, 1.82) is 0 Å². The molecule has 0 radical (unpaired) electrons. The van der Waals surface area contributed by atoms with Gasteiger partial charge < -0.3 is 10.6 Å². The number of halogens is 1. The van der Waals surface area contributed by atoms with Crippen molar-refractivity contribution in [3.05, 3.63) is 64.2 Å². The minimum atomic E-state index is -0.0372. The average molecular weight is 303 g/mol. The van der Waals surface area contributed by atoms with Crippen LogP contribution in [0.4, 0.5) is 5.69 Å². The van der Waals surface area contributed by atoms with E-state index in [1.165, 1.54) is 0 Å². The Morgan fingerprint density at radius 2 is 1.86 bits per heavy atom. The van der Waals surface area contributed by atoms with Gasteiger partial charge in [-0.3, -0.25) is 4.79 Å². The van der Waals surface area contributed by atoms with E-state index >= 15 is 0 Å². The van der Waals surface area contributed by atoms with Gasteiger partial charge in [0.2, 0.25) is 0 Å². The SMILES string of the molecule is CCNC(=O)c1ccc(NCc2ccc(Cl)cc2)c(C)c1. The zero-order valence-electron chi connectivity index (χ0n) is 12.2. The highest BCUT2D eigenvalue weighted by atomic mass is 35.5. The Morgan fingerprint density at radius 1 is 1.14 bits per heavy atom. The molecule has 2 aromatic carbocycles. The summed E-state index contributed by atoms with van der Waals surface area (Å²) in [5, 5.41) is 6.91. The second kappa shape index (κ2) is 7.14. The maximum atomic E-state index is 11.8. The zero-order valence-corrected chi connectivity index (χ0v) is 13.0. The third-order valence-electron chi connectivity index (χ3n) is 3.22. The maximum absolute atomic E-state index is 11.8. The summed E-state index contributed by atoms with van der Waals surface area (Å²) in [4.78, 5) is 11.8. The molecule has 1 amide bonds. The molecule has 0 aliphatic rings. The Hall–Kier alpha value is -2.00. The maximum Gasteiger partial charge on any atom is 0.251 e. The fourth-order valence-corrected chi connectivity index (χ4v) is 2.19. The van der Waals surface area contributed by atoms with Crippen LogP contribution in [0.1, 0.15) is 28.4 Å². The smallest absolute Gasteiger partial charge is 0.251 e. The first kappa shape index (κ1) is 15.4. The summed E-state index contributed by atoms with van der Waals surface area (Å²) in [6.07, 6.45) is 0. The molecule has 0 unspecified atom stereocenters. The fraction of sp³-hybridized carbons (Fsp3) is 0.235. The van der Waals surface area contributed by atoms with E-state index < -0.39 is 0 Å². The number of rotatable bonds is 5. The molecule has 0 fully saturated rings. The van der Waals surface area contributed by atoms with Crippen molar-refractivity contribution < 1.29 is 4.79 Å². The lowest BCUT2D eigenvalue weighted by Crippen LogP contribution is -2.22. The minimum Gasteiger partial charge on any atom is -0.381 e. The van der Waals surface area contributed by atoms with E-state index in [2.05, 4.69) is 10.6 Å². The number of nitrogens with one attached hydrogen (secondary N) is 2. The molecule has 0 saturated heterocycles. The van der Waals surface area contributed by atoms with E-state index in [1.807, 2.05) is 56.3 Å². The number of benzene rings is 2. The Bertz CT molecular complexity index is 623. The van der Waals surface area contributed by atoms with Crippen LogP contribution in [-0.2, 0) is 6.54 Å². The normalized spacial score (nSPS) is 10.2. The summed E-state index contributed by atoms with van der Waals surface area (Å²) in [5.41, 5.74) is 3.92. The van der Waals surface area contributed by atoms with Crippen molar-refractivity contribution in [1.82, 2.24) is 5.32 Å². The second-order valence-corrected chi connectivity index (χ2v) is 5.31. The Labute approximate surface area is 130 Å². The van der Waals surface area contributed by atoms with Gasteiger partial charge in [-0.1, -0.05) is 23.7 Å². The van der Waals surface area contributed by atoms with Crippen LogP contribution in [0.25, 0.3) is 0 Å². The van der Waals surface area contributed by atoms with E-state index in [-0.39, 0.29) is 5.91 Å². The van der Waals surface area contributed by atoms with Crippen LogP contribution in [0, 0.1) is 6.92 Å². The Morgan fingerprint density at radius 3 is 2.48 bits per heavy atom. The second-order valence-electron chi connectivity index (χ2n) is 4.87. The van der Waals surface area contributed by atoms with Crippen LogP contribution in [0.15, 0.2) is 42.5 Å². The largest absolute Gasteiger partial charge is 0.381 e. The van der Waals surface area contributed by atoms with Gasteiger partial charge in [0, 0.05) is 29.4 Å². The lowest BCUT2D eigenvalue weighted by Gasteiger charge is -2.11. The molecule has 2 aromatic rings. The lowest BCUT2D eigenvalue weighted by molar-refractivity contribution is 0.0956. The van der Waals surface area contributed by atoms with Crippen molar-refractivity contribution in [3.63, 3.8) is 0 Å². The number of hydrogen-bond donors (Lipinski definition) is 2. The van der Waals surface area contributed by atoms with Crippen molar-refractivity contribution in [3.8, 4) is 0 Å². The average Bonchev–Trinajstić information content (AvgIpc) is 2.48. The summed E-state index contributed by atoms with van der Waals surface area (Å²) in [6.45, 7) is 5.26. The van der Waals surface area contributed by atoms with Crippen molar-refractivity contribution >= 4 is 23.2 Å². The number of aryl methyl sites for hydroxylation is 1. The van der Waals surface area contributed by atoms with Crippen molar-refractivity contribution in [2.45, 2.75) is 20.4 Å². The van der Waals surface area contributed by atoms with Crippen molar-refractivity contribution in [2.75, 3.05) is 11.9 Å². The molecule has 0 spiro atoms.